The summed E-state index contributed by atoms with van der Waals surface area (Å²) in [6, 6.07) is 5.16. The van der Waals surface area contributed by atoms with Crippen molar-refractivity contribution in [3.63, 3.8) is 0 Å². The molecule has 0 unspecified atom stereocenters. The summed E-state index contributed by atoms with van der Waals surface area (Å²) in [5.41, 5.74) is 0.638. The highest BCUT2D eigenvalue weighted by molar-refractivity contribution is 9.10. The molecule has 0 bridgehead atoms. The zero-order valence-corrected chi connectivity index (χ0v) is 10.3. The second-order valence-electron chi connectivity index (χ2n) is 3.07. The number of aromatic hydroxyl groups is 1. The molecule has 0 saturated carbocycles. The Kier molecular flexibility index (Phi) is 2.62. The van der Waals surface area contributed by atoms with E-state index in [1.165, 1.54) is 0 Å². The zero-order valence-electron chi connectivity index (χ0n) is 7.86. The first-order valence-electron chi connectivity index (χ1n) is 4.20. The standard InChI is InChI=1S/C9H8BrN3OS/c1-13-8(11-12-9(13)15)6-4-5(10)2-3-7(6)14/h2-4,14H,1H3,(H,12,15). The third kappa shape index (κ3) is 1.82. The van der Waals surface area contributed by atoms with Crippen molar-refractivity contribution in [1.82, 2.24) is 14.8 Å². The first kappa shape index (κ1) is 10.4. The van der Waals surface area contributed by atoms with Gasteiger partial charge in [-0.3, -0.25) is 5.10 Å². The van der Waals surface area contributed by atoms with Crippen molar-refractivity contribution < 1.29 is 5.11 Å². The van der Waals surface area contributed by atoms with Crippen LogP contribution in [0.1, 0.15) is 0 Å². The minimum Gasteiger partial charge on any atom is -0.507 e. The summed E-state index contributed by atoms with van der Waals surface area (Å²) in [7, 11) is 1.79. The van der Waals surface area contributed by atoms with Gasteiger partial charge < -0.3 is 9.67 Å². The molecule has 0 radical (unpaired) electrons. The summed E-state index contributed by atoms with van der Waals surface area (Å²) >= 11 is 8.34. The van der Waals surface area contributed by atoms with Crippen molar-refractivity contribution in [3.8, 4) is 17.1 Å². The highest BCUT2D eigenvalue weighted by Crippen LogP contribution is 2.29. The van der Waals surface area contributed by atoms with Crippen LogP contribution in [-0.2, 0) is 7.05 Å². The van der Waals surface area contributed by atoms with E-state index < -0.39 is 0 Å². The van der Waals surface area contributed by atoms with Crippen LogP contribution >= 0.6 is 28.1 Å². The third-order valence-corrected chi connectivity index (χ3v) is 2.94. The smallest absolute Gasteiger partial charge is 0.195 e. The average Bonchev–Trinajstić information content (AvgIpc) is 2.52. The second kappa shape index (κ2) is 3.79. The summed E-state index contributed by atoms with van der Waals surface area (Å²) in [6.45, 7) is 0. The van der Waals surface area contributed by atoms with Crippen LogP contribution < -0.4 is 0 Å². The van der Waals surface area contributed by atoms with Crippen LogP contribution in [0.3, 0.4) is 0 Å². The van der Waals surface area contributed by atoms with Gasteiger partial charge in [-0.05, 0) is 30.4 Å². The minimum absolute atomic E-state index is 0.176. The number of halogens is 1. The first-order valence-corrected chi connectivity index (χ1v) is 5.40. The van der Waals surface area contributed by atoms with Crippen LogP contribution in [-0.4, -0.2) is 19.9 Å². The van der Waals surface area contributed by atoms with E-state index >= 15 is 0 Å². The lowest BCUT2D eigenvalue weighted by molar-refractivity contribution is 0.476. The lowest BCUT2D eigenvalue weighted by Crippen LogP contribution is -1.92. The van der Waals surface area contributed by atoms with Crippen LogP contribution in [0, 0.1) is 4.77 Å². The van der Waals surface area contributed by atoms with E-state index in [1.807, 2.05) is 0 Å². The maximum absolute atomic E-state index is 9.70. The van der Waals surface area contributed by atoms with Gasteiger partial charge >= 0.3 is 0 Å². The van der Waals surface area contributed by atoms with E-state index in [4.69, 9.17) is 12.2 Å². The zero-order chi connectivity index (χ0) is 11.0. The number of aromatic amines is 1. The maximum atomic E-state index is 9.70. The molecule has 1 heterocycles. The molecule has 15 heavy (non-hydrogen) atoms. The number of phenolic OH excluding ortho intramolecular Hbond substituents is 1. The number of benzene rings is 1. The predicted molar refractivity (Wildman–Crippen MR) is 63.2 cm³/mol. The van der Waals surface area contributed by atoms with Crippen LogP contribution in [0.15, 0.2) is 22.7 Å². The van der Waals surface area contributed by atoms with Gasteiger partial charge in [-0.1, -0.05) is 15.9 Å². The van der Waals surface area contributed by atoms with Crippen molar-refractivity contribution in [2.24, 2.45) is 7.05 Å². The quantitative estimate of drug-likeness (QED) is 0.792. The molecule has 2 N–H and O–H groups in total. The summed E-state index contributed by atoms with van der Waals surface area (Å²) in [5.74, 6) is 0.786. The fraction of sp³-hybridized carbons (Fsp3) is 0.111. The molecule has 78 valence electrons. The molecule has 0 spiro atoms. The molecule has 6 heteroatoms. The monoisotopic (exact) mass is 285 g/mol. The van der Waals surface area contributed by atoms with Gasteiger partial charge in [0.05, 0.1) is 5.56 Å². The molecular weight excluding hydrogens is 278 g/mol. The molecule has 0 saturated heterocycles. The summed E-state index contributed by atoms with van der Waals surface area (Å²) in [6.07, 6.45) is 0. The topological polar surface area (TPSA) is 53.8 Å². The van der Waals surface area contributed by atoms with Crippen molar-refractivity contribution in [2.75, 3.05) is 0 Å². The SMILES string of the molecule is Cn1c(-c2cc(Br)ccc2O)n[nH]c1=S. The van der Waals surface area contributed by atoms with Gasteiger partial charge in [-0.2, -0.15) is 5.10 Å². The Bertz CT molecular complexity index is 561. The molecule has 1 aromatic heterocycles. The number of hydrogen-bond acceptors (Lipinski definition) is 3. The molecule has 4 nitrogen and oxygen atoms in total. The van der Waals surface area contributed by atoms with Crippen molar-refractivity contribution >= 4 is 28.1 Å². The molecule has 0 aliphatic rings. The molecule has 1 aromatic carbocycles. The van der Waals surface area contributed by atoms with E-state index in [0.717, 1.165) is 4.47 Å². The van der Waals surface area contributed by atoms with Crippen LogP contribution in [0.4, 0.5) is 0 Å². The molecule has 0 aliphatic carbocycles. The van der Waals surface area contributed by atoms with Crippen LogP contribution in [0.5, 0.6) is 5.75 Å². The van der Waals surface area contributed by atoms with Crippen molar-refractivity contribution in [2.45, 2.75) is 0 Å². The lowest BCUT2D eigenvalue weighted by Gasteiger charge is -2.03. The van der Waals surface area contributed by atoms with Crippen LogP contribution in [0.2, 0.25) is 0 Å². The van der Waals surface area contributed by atoms with E-state index in [2.05, 4.69) is 26.1 Å². The largest absolute Gasteiger partial charge is 0.507 e. The van der Waals surface area contributed by atoms with Gasteiger partial charge in [0, 0.05) is 11.5 Å². The number of nitrogens with zero attached hydrogens (tertiary/aromatic N) is 2. The highest BCUT2D eigenvalue weighted by Gasteiger charge is 2.10. The molecule has 0 atom stereocenters. The molecule has 2 rings (SSSR count). The molecular formula is C9H8BrN3OS. The Morgan fingerprint density at radius 2 is 2.27 bits per heavy atom. The number of H-pyrrole nitrogens is 1. The predicted octanol–water partition coefficient (Wildman–Crippen LogP) is 2.61. The van der Waals surface area contributed by atoms with Crippen molar-refractivity contribution in [3.05, 3.63) is 27.4 Å². The van der Waals surface area contributed by atoms with Crippen LogP contribution in [0.25, 0.3) is 11.4 Å². The van der Waals surface area contributed by atoms with E-state index in [9.17, 15) is 5.11 Å². The highest BCUT2D eigenvalue weighted by atomic mass is 79.9. The molecule has 0 aliphatic heterocycles. The van der Waals surface area contributed by atoms with E-state index in [1.54, 1.807) is 29.8 Å². The first-order chi connectivity index (χ1) is 7.09. The lowest BCUT2D eigenvalue weighted by atomic mass is 10.2. The summed E-state index contributed by atoms with van der Waals surface area (Å²) in [4.78, 5) is 0. The van der Waals surface area contributed by atoms with E-state index in [0.29, 0.717) is 16.2 Å². The Labute approximate surface area is 99.7 Å². The maximum Gasteiger partial charge on any atom is 0.195 e. The van der Waals surface area contributed by atoms with Gasteiger partial charge in [0.15, 0.2) is 10.6 Å². The second-order valence-corrected chi connectivity index (χ2v) is 4.38. The van der Waals surface area contributed by atoms with Gasteiger partial charge in [0.2, 0.25) is 0 Å². The van der Waals surface area contributed by atoms with Gasteiger partial charge in [-0.25, -0.2) is 0 Å². The summed E-state index contributed by atoms with van der Waals surface area (Å²) in [5, 5.41) is 16.4. The Hall–Kier alpha value is -1.14. The Balaban J connectivity index is 2.68. The number of nitrogens with one attached hydrogen (secondary N) is 1. The minimum atomic E-state index is 0.176. The number of aromatic nitrogens is 3. The fourth-order valence-electron chi connectivity index (χ4n) is 1.28. The van der Waals surface area contributed by atoms with Gasteiger partial charge in [-0.15, -0.1) is 0 Å². The average molecular weight is 286 g/mol. The van der Waals surface area contributed by atoms with Crippen molar-refractivity contribution in [1.29, 1.82) is 0 Å². The Morgan fingerprint density at radius 1 is 1.53 bits per heavy atom. The summed E-state index contributed by atoms with van der Waals surface area (Å²) < 4.78 is 3.10. The number of phenols is 1. The molecule has 2 aromatic rings. The normalized spacial score (nSPS) is 10.5. The number of hydrogen-bond donors (Lipinski definition) is 2. The number of rotatable bonds is 1. The Morgan fingerprint density at radius 3 is 2.87 bits per heavy atom. The van der Waals surface area contributed by atoms with E-state index in [-0.39, 0.29) is 5.75 Å². The molecule has 0 amide bonds. The van der Waals surface area contributed by atoms with Gasteiger partial charge in [0.1, 0.15) is 5.75 Å². The van der Waals surface area contributed by atoms with Gasteiger partial charge in [0.25, 0.3) is 0 Å². The third-order valence-electron chi connectivity index (χ3n) is 2.08. The molecule has 0 fully saturated rings. The fourth-order valence-corrected chi connectivity index (χ4v) is 1.77.